The largest absolute Gasteiger partial charge is 0.325 e. The number of anilines is 1. The number of fused-ring (bicyclic) bond motifs is 3. The topological polar surface area (TPSA) is 59.1 Å². The van der Waals surface area contributed by atoms with Crippen LogP contribution in [0.1, 0.15) is 26.7 Å². The minimum absolute atomic E-state index is 0.0586. The molecule has 2 saturated heterocycles. The first kappa shape index (κ1) is 24.8. The van der Waals surface area contributed by atoms with E-state index < -0.39 is 0 Å². The second kappa shape index (κ2) is 13.0. The molecule has 2 heterocycles. The van der Waals surface area contributed by atoms with Crippen LogP contribution in [0.5, 0.6) is 0 Å². The molecule has 2 aliphatic rings. The van der Waals surface area contributed by atoms with Gasteiger partial charge in [-0.15, -0.1) is 0 Å². The summed E-state index contributed by atoms with van der Waals surface area (Å²) in [4.78, 5) is 34.6. The number of para-hydroxylation sites is 1. The zero-order chi connectivity index (χ0) is 22.8. The van der Waals surface area contributed by atoms with E-state index in [4.69, 9.17) is 0 Å². The Hall–Kier alpha value is -1.80. The van der Waals surface area contributed by atoms with Crippen LogP contribution in [-0.2, 0) is 9.59 Å². The number of benzene rings is 1. The Balaban J connectivity index is 1.54. The predicted molar refractivity (Wildman–Crippen MR) is 130 cm³/mol. The quantitative estimate of drug-likeness (QED) is 0.724. The third-order valence-corrected chi connectivity index (χ3v) is 6.54. The first-order valence-electron chi connectivity index (χ1n) is 12.3. The van der Waals surface area contributed by atoms with Gasteiger partial charge in [0.2, 0.25) is 5.91 Å². The Labute approximate surface area is 193 Å². The van der Waals surface area contributed by atoms with Crippen molar-refractivity contribution >= 4 is 17.4 Å². The molecule has 2 unspecified atom stereocenters. The molecule has 0 aliphatic carbocycles. The first-order valence-corrected chi connectivity index (χ1v) is 12.3. The SMILES string of the molecule is CC(C)C(=O)CN1CCCN2CCN(CCCN(CC(=O)Nc3ccccc3)CC2)CC1. The van der Waals surface area contributed by atoms with E-state index in [9.17, 15) is 9.59 Å². The van der Waals surface area contributed by atoms with Crippen molar-refractivity contribution < 1.29 is 9.59 Å². The summed E-state index contributed by atoms with van der Waals surface area (Å²) in [7, 11) is 0. The van der Waals surface area contributed by atoms with E-state index in [1.165, 1.54) is 0 Å². The van der Waals surface area contributed by atoms with Crippen LogP contribution in [0.3, 0.4) is 0 Å². The molecular weight excluding hydrogens is 402 g/mol. The van der Waals surface area contributed by atoms with Gasteiger partial charge >= 0.3 is 0 Å². The number of nitrogens with zero attached hydrogens (tertiary/aromatic N) is 4. The van der Waals surface area contributed by atoms with Crippen molar-refractivity contribution in [3.8, 4) is 0 Å². The van der Waals surface area contributed by atoms with Crippen molar-refractivity contribution in [2.75, 3.05) is 83.9 Å². The minimum atomic E-state index is 0.0586. The molecule has 0 spiro atoms. The fraction of sp³-hybridized carbons (Fsp3) is 0.680. The lowest BCUT2D eigenvalue weighted by Gasteiger charge is -2.35. The van der Waals surface area contributed by atoms with Gasteiger partial charge in [-0.3, -0.25) is 19.4 Å². The van der Waals surface area contributed by atoms with Gasteiger partial charge in [0.15, 0.2) is 0 Å². The smallest absolute Gasteiger partial charge is 0.238 e. The number of carbonyl (C=O) groups excluding carboxylic acids is 2. The average Bonchev–Trinajstić information content (AvgIpc) is 2.78. The lowest BCUT2D eigenvalue weighted by atomic mass is 10.1. The summed E-state index contributed by atoms with van der Waals surface area (Å²) in [6, 6.07) is 9.69. The number of nitrogens with one attached hydrogen (secondary N) is 1. The zero-order valence-corrected chi connectivity index (χ0v) is 20.0. The summed E-state index contributed by atoms with van der Waals surface area (Å²) in [5, 5.41) is 3.02. The lowest BCUT2D eigenvalue weighted by Crippen LogP contribution is -2.48. The molecule has 1 aromatic rings. The number of carbonyl (C=O) groups is 2. The highest BCUT2D eigenvalue weighted by Crippen LogP contribution is 2.09. The van der Waals surface area contributed by atoms with Gasteiger partial charge in [-0.2, -0.15) is 0 Å². The van der Waals surface area contributed by atoms with Crippen molar-refractivity contribution in [2.24, 2.45) is 5.92 Å². The maximum atomic E-state index is 12.6. The van der Waals surface area contributed by atoms with Gasteiger partial charge < -0.3 is 15.1 Å². The molecule has 1 N–H and O–H groups in total. The van der Waals surface area contributed by atoms with Crippen LogP contribution in [0.2, 0.25) is 0 Å². The van der Waals surface area contributed by atoms with Crippen molar-refractivity contribution in [1.29, 1.82) is 0 Å². The monoisotopic (exact) mass is 443 g/mol. The normalized spacial score (nSPS) is 24.2. The van der Waals surface area contributed by atoms with E-state index in [0.29, 0.717) is 18.9 Å². The maximum Gasteiger partial charge on any atom is 0.238 e. The molecule has 7 nitrogen and oxygen atoms in total. The van der Waals surface area contributed by atoms with E-state index in [-0.39, 0.29) is 11.8 Å². The molecular formula is C25H41N5O2. The van der Waals surface area contributed by atoms with Gasteiger partial charge in [-0.25, -0.2) is 0 Å². The second-order valence-corrected chi connectivity index (χ2v) is 9.48. The van der Waals surface area contributed by atoms with Gasteiger partial charge in [0, 0.05) is 50.9 Å². The fourth-order valence-corrected chi connectivity index (χ4v) is 4.42. The van der Waals surface area contributed by atoms with E-state index in [1.54, 1.807) is 0 Å². The molecule has 2 fully saturated rings. The number of hydrogen-bond acceptors (Lipinski definition) is 6. The predicted octanol–water partition coefficient (Wildman–Crippen LogP) is 1.87. The Morgan fingerprint density at radius 1 is 0.750 bits per heavy atom. The summed E-state index contributed by atoms with van der Waals surface area (Å²) >= 11 is 0. The van der Waals surface area contributed by atoms with Gasteiger partial charge in [0.1, 0.15) is 5.78 Å². The van der Waals surface area contributed by atoms with Gasteiger partial charge in [-0.05, 0) is 51.2 Å². The number of amides is 1. The Morgan fingerprint density at radius 3 is 1.84 bits per heavy atom. The van der Waals surface area contributed by atoms with Crippen molar-refractivity contribution in [2.45, 2.75) is 26.7 Å². The van der Waals surface area contributed by atoms with E-state index in [2.05, 4.69) is 24.9 Å². The molecule has 0 aromatic heterocycles. The van der Waals surface area contributed by atoms with Crippen LogP contribution in [0, 0.1) is 5.92 Å². The highest BCUT2D eigenvalue weighted by Gasteiger charge is 2.20. The van der Waals surface area contributed by atoms with E-state index >= 15 is 0 Å². The Kier molecular flexibility index (Phi) is 10.1. The minimum Gasteiger partial charge on any atom is -0.325 e. The molecule has 32 heavy (non-hydrogen) atoms. The summed E-state index contributed by atoms with van der Waals surface area (Å²) in [5.74, 6) is 0.507. The number of Topliss-reactive ketones (excluding diaryl/α,β-unsaturated/α-hetero) is 1. The number of hydrogen-bond donors (Lipinski definition) is 1. The molecule has 0 radical (unpaired) electrons. The maximum absolute atomic E-state index is 12.6. The first-order chi connectivity index (χ1) is 15.5. The van der Waals surface area contributed by atoms with Crippen LogP contribution in [0.4, 0.5) is 5.69 Å². The van der Waals surface area contributed by atoms with E-state index in [0.717, 1.165) is 84.0 Å². The molecule has 2 aliphatic heterocycles. The summed E-state index contributed by atoms with van der Waals surface area (Å²) in [6.07, 6.45) is 2.14. The number of ketones is 1. The summed E-state index contributed by atoms with van der Waals surface area (Å²) in [6.45, 7) is 15.0. The van der Waals surface area contributed by atoms with Crippen molar-refractivity contribution in [3.05, 3.63) is 30.3 Å². The summed E-state index contributed by atoms with van der Waals surface area (Å²) < 4.78 is 0. The molecule has 178 valence electrons. The Morgan fingerprint density at radius 2 is 1.28 bits per heavy atom. The molecule has 0 saturated carbocycles. The fourth-order valence-electron chi connectivity index (χ4n) is 4.42. The standard InChI is InChI=1S/C25H41N5O2/c1-22(2)24(31)20-29-12-6-10-28-15-14-27(16-18-29)11-7-13-30(19-17-28)21-25(32)26-23-8-4-3-5-9-23/h3-5,8-9,22H,6-7,10-21H2,1-2H3,(H,26,32). The molecule has 3 rings (SSSR count). The molecule has 7 heteroatoms. The van der Waals surface area contributed by atoms with Crippen LogP contribution in [0.15, 0.2) is 30.3 Å². The lowest BCUT2D eigenvalue weighted by molar-refractivity contribution is -0.123. The second-order valence-electron chi connectivity index (χ2n) is 9.48. The van der Waals surface area contributed by atoms with Crippen molar-refractivity contribution in [3.63, 3.8) is 0 Å². The van der Waals surface area contributed by atoms with Gasteiger partial charge in [0.05, 0.1) is 13.1 Å². The zero-order valence-electron chi connectivity index (χ0n) is 20.0. The van der Waals surface area contributed by atoms with Crippen LogP contribution in [0.25, 0.3) is 0 Å². The van der Waals surface area contributed by atoms with Gasteiger partial charge in [0.25, 0.3) is 0 Å². The molecule has 2 bridgehead atoms. The Bertz CT molecular complexity index is 712. The molecule has 2 atom stereocenters. The third kappa shape index (κ3) is 8.62. The molecule has 1 aromatic carbocycles. The summed E-state index contributed by atoms with van der Waals surface area (Å²) in [5.41, 5.74) is 0.856. The highest BCUT2D eigenvalue weighted by molar-refractivity contribution is 5.92. The number of rotatable bonds is 6. The van der Waals surface area contributed by atoms with Crippen LogP contribution >= 0.6 is 0 Å². The highest BCUT2D eigenvalue weighted by atomic mass is 16.2. The molecule has 1 amide bonds. The third-order valence-electron chi connectivity index (χ3n) is 6.54. The van der Waals surface area contributed by atoms with Crippen molar-refractivity contribution in [1.82, 2.24) is 19.6 Å². The van der Waals surface area contributed by atoms with Crippen LogP contribution in [-0.4, -0.2) is 110 Å². The van der Waals surface area contributed by atoms with Crippen LogP contribution < -0.4 is 5.32 Å². The van der Waals surface area contributed by atoms with E-state index in [1.807, 2.05) is 44.2 Å². The average molecular weight is 444 g/mol. The van der Waals surface area contributed by atoms with Gasteiger partial charge in [-0.1, -0.05) is 32.0 Å².